The van der Waals surface area contributed by atoms with Crippen LogP contribution in [-0.2, 0) is 11.3 Å². The maximum Gasteiger partial charge on any atom is 1.00 e. The van der Waals surface area contributed by atoms with Crippen LogP contribution in [0, 0.1) is 5.92 Å². The average Bonchev–Trinajstić information content (AvgIpc) is 2.95. The Labute approximate surface area is 179 Å². The van der Waals surface area contributed by atoms with Crippen LogP contribution in [-0.4, -0.2) is 21.6 Å². The largest absolute Gasteiger partial charge is 1.00 e. The van der Waals surface area contributed by atoms with Crippen LogP contribution in [0.1, 0.15) is 53.4 Å². The van der Waals surface area contributed by atoms with E-state index in [1.165, 1.54) is 0 Å². The number of para-hydroxylation sites is 1. The van der Waals surface area contributed by atoms with Crippen molar-refractivity contribution in [1.82, 2.24) is 14.5 Å². The van der Waals surface area contributed by atoms with Crippen molar-refractivity contribution in [3.8, 4) is 0 Å². The van der Waals surface area contributed by atoms with Crippen LogP contribution in [0.4, 0.5) is 5.82 Å². The maximum atomic E-state index is 6.25. The quantitative estimate of drug-likeness (QED) is 0.650. The summed E-state index contributed by atoms with van der Waals surface area (Å²) >= 11 is 0. The average molecular weight is 364 g/mol. The minimum atomic E-state index is -0.0238. The molecule has 6 heteroatoms. The molecule has 0 aliphatic rings. The third-order valence-corrected chi connectivity index (χ3v) is 4.58. The number of nitrogens with two attached hydrogens (primary N) is 1. The molecule has 1 atom stereocenters. The summed E-state index contributed by atoms with van der Waals surface area (Å²) in [5.74, 6) is 1.94. The Bertz CT molecular complexity index is 881. The number of rotatable bonds is 7. The first-order chi connectivity index (χ1) is 12.1. The molecule has 3 rings (SSSR count). The number of hydrogen-bond acceptors (Lipinski definition) is 4. The molecule has 1 aromatic carbocycles. The summed E-state index contributed by atoms with van der Waals surface area (Å²) in [6, 6.07) is 8.13. The van der Waals surface area contributed by atoms with E-state index in [2.05, 4.69) is 36.4 Å². The van der Waals surface area contributed by atoms with Crippen molar-refractivity contribution < 1.29 is 35.7 Å². The van der Waals surface area contributed by atoms with E-state index in [9.17, 15) is 0 Å². The molecule has 0 saturated carbocycles. The molecule has 1 unspecified atom stereocenters. The van der Waals surface area contributed by atoms with Gasteiger partial charge in [-0.2, -0.15) is 0 Å². The minimum Gasteiger partial charge on any atom is -1.00 e. The van der Waals surface area contributed by atoms with Gasteiger partial charge in [-0.3, -0.25) is 0 Å². The number of ether oxygens (including phenoxy) is 1. The van der Waals surface area contributed by atoms with Gasteiger partial charge in [-0.05, 0) is 18.4 Å². The molecule has 26 heavy (non-hydrogen) atoms. The molecule has 0 bridgehead atoms. The molecule has 5 nitrogen and oxygen atoms in total. The number of unbranched alkanes of at least 4 members (excludes halogenated alkanes) is 1. The Morgan fingerprint density at radius 1 is 1.23 bits per heavy atom. The summed E-state index contributed by atoms with van der Waals surface area (Å²) < 4.78 is 8.09. The Kier molecular flexibility index (Phi) is 7.47. The van der Waals surface area contributed by atoms with Crippen molar-refractivity contribution in [2.24, 2.45) is 5.92 Å². The Hall–Kier alpha value is -1.14. The van der Waals surface area contributed by atoms with Crippen molar-refractivity contribution in [3.63, 3.8) is 0 Å². The Morgan fingerprint density at radius 2 is 1.96 bits per heavy atom. The third-order valence-electron chi connectivity index (χ3n) is 4.58. The van der Waals surface area contributed by atoms with Gasteiger partial charge in [0.2, 0.25) is 0 Å². The van der Waals surface area contributed by atoms with Gasteiger partial charge in [-0.1, -0.05) is 51.8 Å². The molecule has 136 valence electrons. The topological polar surface area (TPSA) is 66.0 Å². The summed E-state index contributed by atoms with van der Waals surface area (Å²) in [5.41, 5.74) is 9.02. The Morgan fingerprint density at radius 3 is 2.62 bits per heavy atom. The van der Waals surface area contributed by atoms with Gasteiger partial charge in [-0.15, -0.1) is 0 Å². The number of benzene rings is 1. The summed E-state index contributed by atoms with van der Waals surface area (Å²) in [5, 5.41) is 1.09. The first-order valence-electron chi connectivity index (χ1n) is 9.13. The van der Waals surface area contributed by atoms with Crippen LogP contribution >= 0.6 is 0 Å². The zero-order valence-electron chi connectivity index (χ0n) is 17.6. The fourth-order valence-electron chi connectivity index (χ4n) is 3.41. The smallest absolute Gasteiger partial charge is 1.00 e. The fourth-order valence-corrected chi connectivity index (χ4v) is 3.41. The second kappa shape index (κ2) is 9.18. The fraction of sp³-hybridized carbons (Fsp3) is 0.500. The number of methoxy groups -OCH3 is 1. The van der Waals surface area contributed by atoms with Gasteiger partial charge >= 0.3 is 29.6 Å². The van der Waals surface area contributed by atoms with Gasteiger partial charge in [0.1, 0.15) is 17.4 Å². The molecule has 0 aliphatic carbocycles. The SMILES string of the molecule is CCCCC(OC)c1nc2c(N)nc3ccccc3c2n1CC(C)C.[H-].[Na+]. The van der Waals surface area contributed by atoms with Crippen LogP contribution in [0.15, 0.2) is 24.3 Å². The van der Waals surface area contributed by atoms with E-state index in [1.807, 2.05) is 18.2 Å². The van der Waals surface area contributed by atoms with Crippen LogP contribution in [0.25, 0.3) is 21.9 Å². The van der Waals surface area contributed by atoms with E-state index in [0.29, 0.717) is 11.7 Å². The van der Waals surface area contributed by atoms with Gasteiger partial charge in [0, 0.05) is 19.0 Å². The van der Waals surface area contributed by atoms with Gasteiger partial charge in [0.25, 0.3) is 0 Å². The molecule has 3 aromatic rings. The number of aromatic nitrogens is 3. The number of imidazole rings is 1. The molecule has 0 amide bonds. The maximum absolute atomic E-state index is 6.25. The second-order valence-electron chi connectivity index (χ2n) is 7.05. The second-order valence-corrected chi connectivity index (χ2v) is 7.05. The Balaban J connectivity index is 0.00000182. The first kappa shape index (κ1) is 21.2. The predicted octanol–water partition coefficient (Wildman–Crippen LogP) is 1.82. The minimum absolute atomic E-state index is 0. The monoisotopic (exact) mass is 364 g/mol. The number of anilines is 1. The molecule has 0 saturated heterocycles. The normalized spacial score (nSPS) is 12.7. The molecule has 2 aromatic heterocycles. The summed E-state index contributed by atoms with van der Waals surface area (Å²) in [7, 11) is 1.76. The zero-order chi connectivity index (χ0) is 18.0. The predicted molar refractivity (Wildman–Crippen MR) is 105 cm³/mol. The number of fused-ring (bicyclic) bond motifs is 3. The molecular weight excluding hydrogens is 335 g/mol. The molecule has 0 radical (unpaired) electrons. The van der Waals surface area contributed by atoms with Crippen LogP contribution in [0.3, 0.4) is 0 Å². The van der Waals surface area contributed by atoms with Gasteiger partial charge in [-0.25, -0.2) is 9.97 Å². The summed E-state index contributed by atoms with van der Waals surface area (Å²) in [6.07, 6.45) is 3.18. The van der Waals surface area contributed by atoms with E-state index in [1.54, 1.807) is 7.11 Å². The zero-order valence-corrected chi connectivity index (χ0v) is 18.6. The van der Waals surface area contributed by atoms with E-state index in [0.717, 1.165) is 53.6 Å². The van der Waals surface area contributed by atoms with Crippen molar-refractivity contribution in [3.05, 3.63) is 30.1 Å². The van der Waals surface area contributed by atoms with Crippen LogP contribution < -0.4 is 35.3 Å². The van der Waals surface area contributed by atoms with Crippen molar-refractivity contribution in [2.45, 2.75) is 52.7 Å². The van der Waals surface area contributed by atoms with Crippen molar-refractivity contribution in [1.29, 1.82) is 0 Å². The summed E-state index contributed by atoms with van der Waals surface area (Å²) in [6.45, 7) is 7.51. The number of nitrogens with zero attached hydrogens (tertiary/aromatic N) is 3. The van der Waals surface area contributed by atoms with E-state index >= 15 is 0 Å². The number of nitrogen functional groups attached to an aromatic ring is 1. The van der Waals surface area contributed by atoms with Crippen LogP contribution in [0.5, 0.6) is 0 Å². The molecule has 0 fully saturated rings. The molecule has 2 N–H and O–H groups in total. The van der Waals surface area contributed by atoms with E-state index in [4.69, 9.17) is 15.5 Å². The molecule has 0 aliphatic heterocycles. The van der Waals surface area contributed by atoms with E-state index in [-0.39, 0.29) is 37.1 Å². The number of pyridine rings is 1. The van der Waals surface area contributed by atoms with E-state index < -0.39 is 0 Å². The third kappa shape index (κ3) is 4.06. The van der Waals surface area contributed by atoms with Crippen molar-refractivity contribution in [2.75, 3.05) is 12.8 Å². The standard InChI is InChI=1S/C20H28N4O.Na.H/c1-5-6-11-16(25-4)20-23-17-18(24(20)12-13(2)3)14-9-7-8-10-15(14)22-19(17)21;;/h7-10,13,16H,5-6,11-12H2,1-4H3,(H2,21,22);;/q;+1;-1. The van der Waals surface area contributed by atoms with Crippen LogP contribution in [0.2, 0.25) is 0 Å². The molecule has 0 spiro atoms. The van der Waals surface area contributed by atoms with Gasteiger partial charge in [0.05, 0.1) is 11.0 Å². The number of hydrogen-bond donors (Lipinski definition) is 1. The van der Waals surface area contributed by atoms with Crippen molar-refractivity contribution >= 4 is 27.8 Å². The first-order valence-corrected chi connectivity index (χ1v) is 9.13. The molecular formula is C20H29N4NaO. The van der Waals surface area contributed by atoms with Gasteiger partial charge in [0.15, 0.2) is 5.82 Å². The van der Waals surface area contributed by atoms with Gasteiger partial charge < -0.3 is 16.5 Å². The molecule has 2 heterocycles. The summed E-state index contributed by atoms with van der Waals surface area (Å²) in [4.78, 5) is 9.44.